The van der Waals surface area contributed by atoms with Gasteiger partial charge in [-0.15, -0.1) is 0 Å². The zero-order valence-corrected chi connectivity index (χ0v) is 18.1. The fourth-order valence-electron chi connectivity index (χ4n) is 4.02. The Balaban J connectivity index is 1.18. The van der Waals surface area contributed by atoms with Crippen LogP contribution in [0.2, 0.25) is 0 Å². The van der Waals surface area contributed by atoms with Crippen molar-refractivity contribution in [1.82, 2.24) is 24.9 Å². The lowest BCUT2D eigenvalue weighted by Crippen LogP contribution is -2.52. The van der Waals surface area contributed by atoms with Crippen LogP contribution in [0.4, 0.5) is 5.82 Å². The molecule has 0 unspecified atom stereocenters. The number of pyridine rings is 1. The van der Waals surface area contributed by atoms with E-state index in [1.54, 1.807) is 35.4 Å². The molecule has 0 bridgehead atoms. The molecular weight excluding hydrogens is 424 g/mol. The topological polar surface area (TPSA) is 113 Å². The Labute approximate surface area is 189 Å². The SMILES string of the molecule is CCc1nc(-c2ccc(N3CCN(C(=O)CN4C(=O)c5ccccc5C4=O)CC3)nc2)no1. The number of anilines is 1. The average molecular weight is 446 g/mol. The lowest BCUT2D eigenvalue weighted by molar-refractivity contribution is -0.131. The van der Waals surface area contributed by atoms with Crippen molar-refractivity contribution in [2.24, 2.45) is 0 Å². The van der Waals surface area contributed by atoms with Crippen LogP contribution in [0.3, 0.4) is 0 Å². The number of hydrogen-bond donors (Lipinski definition) is 0. The van der Waals surface area contributed by atoms with Crippen molar-refractivity contribution >= 4 is 23.5 Å². The van der Waals surface area contributed by atoms with Gasteiger partial charge >= 0.3 is 0 Å². The second-order valence-corrected chi connectivity index (χ2v) is 7.88. The van der Waals surface area contributed by atoms with Gasteiger partial charge in [0, 0.05) is 44.4 Å². The molecule has 0 saturated carbocycles. The Morgan fingerprint density at radius 3 is 2.27 bits per heavy atom. The van der Waals surface area contributed by atoms with E-state index in [1.165, 1.54) is 0 Å². The van der Waals surface area contributed by atoms with Crippen LogP contribution in [0, 0.1) is 0 Å². The van der Waals surface area contributed by atoms with Crippen LogP contribution in [0.15, 0.2) is 47.1 Å². The van der Waals surface area contributed by atoms with Gasteiger partial charge in [-0.2, -0.15) is 4.98 Å². The van der Waals surface area contributed by atoms with Crippen LogP contribution < -0.4 is 4.90 Å². The van der Waals surface area contributed by atoms with Crippen LogP contribution in [0.1, 0.15) is 33.5 Å². The highest BCUT2D eigenvalue weighted by molar-refractivity contribution is 6.22. The smallest absolute Gasteiger partial charge is 0.262 e. The van der Waals surface area contributed by atoms with Gasteiger partial charge in [0.2, 0.25) is 17.6 Å². The second-order valence-electron chi connectivity index (χ2n) is 7.88. The summed E-state index contributed by atoms with van der Waals surface area (Å²) >= 11 is 0. The largest absolute Gasteiger partial charge is 0.353 e. The second kappa shape index (κ2) is 8.45. The Morgan fingerprint density at radius 1 is 1.00 bits per heavy atom. The minimum atomic E-state index is -0.417. The van der Waals surface area contributed by atoms with Crippen molar-refractivity contribution < 1.29 is 18.9 Å². The number of carbonyl (C=O) groups excluding carboxylic acids is 3. The molecular formula is C23H22N6O4. The highest BCUT2D eigenvalue weighted by Gasteiger charge is 2.37. The normalized spacial score (nSPS) is 15.8. The minimum Gasteiger partial charge on any atom is -0.353 e. The zero-order chi connectivity index (χ0) is 22.9. The van der Waals surface area contributed by atoms with Crippen molar-refractivity contribution in [2.75, 3.05) is 37.6 Å². The molecule has 4 heterocycles. The summed E-state index contributed by atoms with van der Waals surface area (Å²) in [5.74, 6) is 0.811. The van der Waals surface area contributed by atoms with Crippen molar-refractivity contribution in [3.63, 3.8) is 0 Å². The number of nitrogens with zero attached hydrogens (tertiary/aromatic N) is 6. The molecule has 0 aliphatic carbocycles. The summed E-state index contributed by atoms with van der Waals surface area (Å²) in [7, 11) is 0. The molecule has 3 amide bonds. The molecule has 2 aliphatic heterocycles. The Kier molecular flexibility index (Phi) is 5.33. The van der Waals surface area contributed by atoms with E-state index in [1.807, 2.05) is 19.1 Å². The van der Waals surface area contributed by atoms with Gasteiger partial charge in [0.25, 0.3) is 11.8 Å². The molecule has 1 aromatic carbocycles. The van der Waals surface area contributed by atoms with Crippen molar-refractivity contribution in [3.8, 4) is 11.4 Å². The summed E-state index contributed by atoms with van der Waals surface area (Å²) in [6.07, 6.45) is 2.38. The minimum absolute atomic E-state index is 0.240. The molecule has 10 nitrogen and oxygen atoms in total. The molecule has 0 radical (unpaired) electrons. The van der Waals surface area contributed by atoms with Crippen LogP contribution in [-0.4, -0.2) is 75.4 Å². The van der Waals surface area contributed by atoms with E-state index >= 15 is 0 Å². The van der Waals surface area contributed by atoms with E-state index in [9.17, 15) is 14.4 Å². The Morgan fingerprint density at radius 2 is 1.70 bits per heavy atom. The molecule has 168 valence electrons. The molecule has 1 saturated heterocycles. The zero-order valence-electron chi connectivity index (χ0n) is 18.1. The number of rotatable bonds is 5. The molecule has 2 aliphatic rings. The number of amides is 3. The number of imide groups is 1. The first-order valence-corrected chi connectivity index (χ1v) is 10.8. The summed E-state index contributed by atoms with van der Waals surface area (Å²) in [4.78, 5) is 51.4. The summed E-state index contributed by atoms with van der Waals surface area (Å²) in [6, 6.07) is 10.4. The van der Waals surface area contributed by atoms with Gasteiger partial charge in [-0.25, -0.2) is 4.98 Å². The van der Waals surface area contributed by atoms with E-state index < -0.39 is 11.8 Å². The number of hydrogen-bond acceptors (Lipinski definition) is 8. The van der Waals surface area contributed by atoms with E-state index in [-0.39, 0.29) is 12.5 Å². The van der Waals surface area contributed by atoms with Crippen molar-refractivity contribution in [3.05, 3.63) is 59.6 Å². The predicted molar refractivity (Wildman–Crippen MR) is 118 cm³/mol. The van der Waals surface area contributed by atoms with Crippen molar-refractivity contribution in [1.29, 1.82) is 0 Å². The Bertz CT molecular complexity index is 1180. The maximum atomic E-state index is 12.8. The molecule has 5 rings (SSSR count). The molecule has 10 heteroatoms. The molecule has 1 fully saturated rings. The first-order valence-electron chi connectivity index (χ1n) is 10.8. The maximum absolute atomic E-state index is 12.8. The standard InChI is InChI=1S/C23H22N6O4/c1-2-19-25-21(26-33-19)15-7-8-18(24-13-15)27-9-11-28(12-10-27)20(30)14-29-22(31)16-5-3-4-6-17(16)23(29)32/h3-8,13H,2,9-12,14H2,1H3. The Hall–Kier alpha value is -4.08. The summed E-state index contributed by atoms with van der Waals surface area (Å²) < 4.78 is 5.15. The van der Waals surface area contributed by atoms with E-state index in [0.717, 1.165) is 16.3 Å². The van der Waals surface area contributed by atoms with Gasteiger partial charge in [0.15, 0.2) is 0 Å². The average Bonchev–Trinajstić information content (AvgIpc) is 3.44. The van der Waals surface area contributed by atoms with E-state index in [0.29, 0.717) is 55.4 Å². The van der Waals surface area contributed by atoms with Gasteiger partial charge in [-0.1, -0.05) is 24.2 Å². The summed E-state index contributed by atoms with van der Waals surface area (Å²) in [6.45, 7) is 3.86. The van der Waals surface area contributed by atoms with Gasteiger partial charge in [-0.3, -0.25) is 19.3 Å². The van der Waals surface area contributed by atoms with E-state index in [4.69, 9.17) is 4.52 Å². The summed E-state index contributed by atoms with van der Waals surface area (Å²) in [5.41, 5.74) is 1.47. The molecule has 0 spiro atoms. The summed E-state index contributed by atoms with van der Waals surface area (Å²) in [5, 5.41) is 3.96. The fourth-order valence-corrected chi connectivity index (χ4v) is 4.02. The number of aryl methyl sites for hydroxylation is 1. The lowest BCUT2D eigenvalue weighted by atomic mass is 10.1. The van der Waals surface area contributed by atoms with Crippen LogP contribution in [0.25, 0.3) is 11.4 Å². The number of aromatic nitrogens is 3. The predicted octanol–water partition coefficient (Wildman–Crippen LogP) is 1.64. The van der Waals surface area contributed by atoms with Gasteiger partial charge in [-0.05, 0) is 24.3 Å². The van der Waals surface area contributed by atoms with Crippen LogP contribution in [0.5, 0.6) is 0 Å². The lowest BCUT2D eigenvalue weighted by Gasteiger charge is -2.36. The maximum Gasteiger partial charge on any atom is 0.262 e. The van der Waals surface area contributed by atoms with Crippen molar-refractivity contribution in [2.45, 2.75) is 13.3 Å². The first kappa shape index (κ1) is 20.8. The molecule has 3 aromatic rings. The first-order chi connectivity index (χ1) is 16.0. The van der Waals surface area contributed by atoms with Gasteiger partial charge < -0.3 is 14.3 Å². The third kappa shape index (κ3) is 3.84. The van der Waals surface area contributed by atoms with Crippen LogP contribution in [-0.2, 0) is 11.2 Å². The molecule has 0 atom stereocenters. The number of piperazine rings is 1. The quantitative estimate of drug-likeness (QED) is 0.544. The third-order valence-corrected chi connectivity index (χ3v) is 5.90. The third-order valence-electron chi connectivity index (χ3n) is 5.90. The fraction of sp³-hybridized carbons (Fsp3) is 0.304. The van der Waals surface area contributed by atoms with E-state index in [2.05, 4.69) is 20.0 Å². The monoisotopic (exact) mass is 446 g/mol. The molecule has 33 heavy (non-hydrogen) atoms. The van der Waals surface area contributed by atoms with Crippen LogP contribution >= 0.6 is 0 Å². The number of carbonyl (C=O) groups is 3. The highest BCUT2D eigenvalue weighted by Crippen LogP contribution is 2.23. The molecule has 2 aromatic heterocycles. The van der Waals surface area contributed by atoms with Gasteiger partial charge in [0.05, 0.1) is 11.1 Å². The highest BCUT2D eigenvalue weighted by atomic mass is 16.5. The number of fused-ring (bicyclic) bond motifs is 1. The number of benzene rings is 1. The molecule has 0 N–H and O–H groups in total. The van der Waals surface area contributed by atoms with Gasteiger partial charge in [0.1, 0.15) is 12.4 Å².